The van der Waals surface area contributed by atoms with Crippen molar-refractivity contribution in [3.05, 3.63) is 107 Å². The predicted octanol–water partition coefficient (Wildman–Crippen LogP) is 4.42. The van der Waals surface area contributed by atoms with Crippen molar-refractivity contribution in [3.8, 4) is 5.69 Å². The van der Waals surface area contributed by atoms with Crippen LogP contribution in [-0.2, 0) is 16.4 Å². The molecule has 1 aromatic heterocycles. The molecule has 0 aliphatic carbocycles. The number of para-hydroxylation sites is 2. The number of carbonyl (C=O) groups is 1. The number of benzene rings is 3. The predicted molar refractivity (Wildman–Crippen MR) is 135 cm³/mol. The van der Waals surface area contributed by atoms with Gasteiger partial charge in [0.2, 0.25) is 0 Å². The minimum absolute atomic E-state index is 0.0996. The van der Waals surface area contributed by atoms with Gasteiger partial charge in [0.25, 0.3) is 15.9 Å². The fraction of sp³-hybridized carbons (Fsp3) is 0.185. The summed E-state index contributed by atoms with van der Waals surface area (Å²) in [5.74, 6) is -0.344. The molecule has 178 valence electrons. The number of nitrogens with zero attached hydrogens (tertiary/aromatic N) is 3. The van der Waals surface area contributed by atoms with E-state index in [-0.39, 0.29) is 16.8 Å². The van der Waals surface area contributed by atoms with Crippen molar-refractivity contribution >= 4 is 21.6 Å². The number of rotatable bonds is 6. The zero-order chi connectivity index (χ0) is 24.6. The number of sulfonamides is 1. The lowest BCUT2D eigenvalue weighted by molar-refractivity contribution is 0.0939. The molecule has 0 spiro atoms. The normalized spacial score (nSPS) is 13.9. The summed E-state index contributed by atoms with van der Waals surface area (Å²) in [6, 6.07) is 23.2. The molecule has 35 heavy (non-hydrogen) atoms. The maximum Gasteiger partial charge on any atom is 0.264 e. The molecule has 3 aromatic carbocycles. The molecular weight excluding hydrogens is 460 g/mol. The maximum absolute atomic E-state index is 13.4. The molecular formula is C27H26N4O3S. The lowest BCUT2D eigenvalue weighted by atomic mass is 10.1. The van der Waals surface area contributed by atoms with Crippen LogP contribution in [0, 0.1) is 6.92 Å². The third-order valence-electron chi connectivity index (χ3n) is 6.39. The number of hydrogen-bond donors (Lipinski definition) is 1. The van der Waals surface area contributed by atoms with Gasteiger partial charge in [-0.3, -0.25) is 9.10 Å². The van der Waals surface area contributed by atoms with Gasteiger partial charge in [0.05, 0.1) is 28.5 Å². The van der Waals surface area contributed by atoms with Gasteiger partial charge >= 0.3 is 0 Å². The van der Waals surface area contributed by atoms with Crippen molar-refractivity contribution in [2.75, 3.05) is 10.8 Å². The van der Waals surface area contributed by atoms with E-state index in [9.17, 15) is 13.2 Å². The van der Waals surface area contributed by atoms with Crippen molar-refractivity contribution in [2.45, 2.75) is 31.2 Å². The highest BCUT2D eigenvalue weighted by Gasteiger charge is 2.31. The van der Waals surface area contributed by atoms with Crippen LogP contribution in [0.1, 0.15) is 40.1 Å². The van der Waals surface area contributed by atoms with E-state index < -0.39 is 10.0 Å². The largest absolute Gasteiger partial charge is 0.345 e. The zero-order valence-electron chi connectivity index (χ0n) is 19.5. The van der Waals surface area contributed by atoms with Crippen LogP contribution >= 0.6 is 0 Å². The number of fused-ring (bicyclic) bond motifs is 1. The van der Waals surface area contributed by atoms with Crippen molar-refractivity contribution in [1.82, 2.24) is 15.1 Å². The molecule has 1 N–H and O–H groups in total. The Hall–Kier alpha value is -3.91. The first-order chi connectivity index (χ1) is 16.9. The topological polar surface area (TPSA) is 84.3 Å². The van der Waals surface area contributed by atoms with Crippen LogP contribution in [-0.4, -0.2) is 30.7 Å². The summed E-state index contributed by atoms with van der Waals surface area (Å²) in [6.45, 7) is 4.23. The molecule has 1 unspecified atom stereocenters. The fourth-order valence-corrected chi connectivity index (χ4v) is 6.07. The van der Waals surface area contributed by atoms with Gasteiger partial charge in [0.15, 0.2) is 0 Å². The first-order valence-corrected chi connectivity index (χ1v) is 12.9. The molecule has 1 atom stereocenters. The molecule has 0 bridgehead atoms. The van der Waals surface area contributed by atoms with E-state index in [1.165, 1.54) is 16.4 Å². The molecule has 0 saturated heterocycles. The van der Waals surface area contributed by atoms with Gasteiger partial charge in [-0.25, -0.2) is 13.1 Å². The second-order valence-electron chi connectivity index (χ2n) is 8.61. The lowest BCUT2D eigenvalue weighted by Crippen LogP contribution is -2.30. The molecule has 1 amide bonds. The minimum Gasteiger partial charge on any atom is -0.345 e. The van der Waals surface area contributed by atoms with Gasteiger partial charge in [-0.05, 0) is 62.2 Å². The fourth-order valence-electron chi connectivity index (χ4n) is 4.52. The van der Waals surface area contributed by atoms with E-state index >= 15 is 0 Å². The SMILES string of the molecule is Cc1c(C(C)NC(=O)c2cccc(S(=O)(=O)N3CCc4ccccc43)c2)cnn1-c1ccccc1. The van der Waals surface area contributed by atoms with Crippen LogP contribution in [0.4, 0.5) is 5.69 Å². The van der Waals surface area contributed by atoms with Crippen LogP contribution in [0.3, 0.4) is 0 Å². The van der Waals surface area contributed by atoms with Gasteiger partial charge in [0.1, 0.15) is 0 Å². The van der Waals surface area contributed by atoms with E-state index in [0.717, 1.165) is 22.5 Å². The smallest absolute Gasteiger partial charge is 0.264 e. The third kappa shape index (κ3) is 4.21. The first kappa shape index (κ1) is 22.9. The Morgan fingerprint density at radius 3 is 2.54 bits per heavy atom. The minimum atomic E-state index is -3.78. The van der Waals surface area contributed by atoms with Gasteiger partial charge < -0.3 is 5.32 Å². The molecule has 1 aliphatic heterocycles. The Balaban J connectivity index is 1.36. The van der Waals surface area contributed by atoms with Crippen molar-refractivity contribution < 1.29 is 13.2 Å². The molecule has 0 saturated carbocycles. The second kappa shape index (κ2) is 9.03. The number of aromatic nitrogens is 2. The summed E-state index contributed by atoms with van der Waals surface area (Å²) in [5, 5.41) is 7.46. The van der Waals surface area contributed by atoms with Crippen LogP contribution in [0.5, 0.6) is 0 Å². The van der Waals surface area contributed by atoms with Gasteiger partial charge in [0, 0.05) is 23.4 Å². The highest BCUT2D eigenvalue weighted by molar-refractivity contribution is 7.92. The average Bonchev–Trinajstić information content (AvgIpc) is 3.49. The van der Waals surface area contributed by atoms with E-state index in [0.29, 0.717) is 24.2 Å². The summed E-state index contributed by atoms with van der Waals surface area (Å²) in [5.41, 5.74) is 4.74. The molecule has 0 fully saturated rings. The molecule has 1 aliphatic rings. The van der Waals surface area contributed by atoms with Crippen LogP contribution < -0.4 is 9.62 Å². The number of nitrogens with one attached hydrogen (secondary N) is 1. The molecule has 2 heterocycles. The van der Waals surface area contributed by atoms with Gasteiger partial charge in [-0.2, -0.15) is 5.10 Å². The standard InChI is InChI=1S/C27H26N4O3S/c1-19(25-18-28-31(20(25)2)23-11-4-3-5-12-23)29-27(32)22-10-8-13-24(17-22)35(33,34)30-16-15-21-9-6-7-14-26(21)30/h3-14,17-19H,15-16H2,1-2H3,(H,29,32). The van der Waals surface area contributed by atoms with Crippen molar-refractivity contribution in [3.63, 3.8) is 0 Å². The molecule has 8 heteroatoms. The Morgan fingerprint density at radius 2 is 1.74 bits per heavy atom. The summed E-state index contributed by atoms with van der Waals surface area (Å²) >= 11 is 0. The Bertz CT molecular complexity index is 1500. The Kier molecular flexibility index (Phi) is 5.90. The number of hydrogen-bond acceptors (Lipinski definition) is 4. The molecule has 5 rings (SSSR count). The van der Waals surface area contributed by atoms with Crippen molar-refractivity contribution in [1.29, 1.82) is 0 Å². The maximum atomic E-state index is 13.4. The second-order valence-corrected chi connectivity index (χ2v) is 10.5. The monoisotopic (exact) mass is 486 g/mol. The highest BCUT2D eigenvalue weighted by atomic mass is 32.2. The van der Waals surface area contributed by atoms with Crippen LogP contribution in [0.2, 0.25) is 0 Å². The Labute approximate surface area is 205 Å². The molecule has 0 radical (unpaired) electrons. The Morgan fingerprint density at radius 1 is 1.00 bits per heavy atom. The third-order valence-corrected chi connectivity index (χ3v) is 8.20. The zero-order valence-corrected chi connectivity index (χ0v) is 20.4. The number of carbonyl (C=O) groups excluding carboxylic acids is 1. The summed E-state index contributed by atoms with van der Waals surface area (Å²) in [6.07, 6.45) is 2.42. The number of amides is 1. The van der Waals surface area contributed by atoms with Gasteiger partial charge in [-0.1, -0.05) is 42.5 Å². The quantitative estimate of drug-likeness (QED) is 0.437. The summed E-state index contributed by atoms with van der Waals surface area (Å²) in [4.78, 5) is 13.2. The van der Waals surface area contributed by atoms with E-state index in [1.54, 1.807) is 18.3 Å². The summed E-state index contributed by atoms with van der Waals surface area (Å²) < 4.78 is 30.0. The average molecular weight is 487 g/mol. The lowest BCUT2D eigenvalue weighted by Gasteiger charge is -2.20. The van der Waals surface area contributed by atoms with E-state index in [2.05, 4.69) is 10.4 Å². The molecule has 7 nitrogen and oxygen atoms in total. The van der Waals surface area contributed by atoms with Crippen molar-refractivity contribution in [2.24, 2.45) is 0 Å². The van der Waals surface area contributed by atoms with Gasteiger partial charge in [-0.15, -0.1) is 0 Å². The summed E-state index contributed by atoms with van der Waals surface area (Å²) in [7, 11) is -3.78. The highest BCUT2D eigenvalue weighted by Crippen LogP contribution is 2.33. The van der Waals surface area contributed by atoms with E-state index in [1.807, 2.05) is 73.1 Å². The van der Waals surface area contributed by atoms with Crippen LogP contribution in [0.25, 0.3) is 5.69 Å². The first-order valence-electron chi connectivity index (χ1n) is 11.5. The number of anilines is 1. The van der Waals surface area contributed by atoms with Crippen LogP contribution in [0.15, 0.2) is 90.0 Å². The van der Waals surface area contributed by atoms with E-state index in [4.69, 9.17) is 0 Å². The molecule has 4 aromatic rings.